The van der Waals surface area contributed by atoms with E-state index >= 15 is 0 Å². The first-order chi connectivity index (χ1) is 6.36. The standard InChI is InChI=1S/C9H14N2OS/c10-9-5-13-2-1-7(9)3-8-4-12-6-11-8/h4,6-7,9H,1-3,5,10H2. The van der Waals surface area contributed by atoms with E-state index in [2.05, 4.69) is 4.98 Å². The number of hydrogen-bond donors (Lipinski definition) is 1. The lowest BCUT2D eigenvalue weighted by Crippen LogP contribution is -2.37. The molecule has 1 aliphatic rings. The van der Waals surface area contributed by atoms with Gasteiger partial charge in [-0.1, -0.05) is 0 Å². The van der Waals surface area contributed by atoms with Crippen molar-refractivity contribution >= 4 is 11.8 Å². The minimum atomic E-state index is 0.329. The van der Waals surface area contributed by atoms with Crippen molar-refractivity contribution in [2.75, 3.05) is 11.5 Å². The van der Waals surface area contributed by atoms with Crippen molar-refractivity contribution in [1.29, 1.82) is 0 Å². The molecule has 2 N–H and O–H groups in total. The Bertz CT molecular complexity index is 250. The highest BCUT2D eigenvalue weighted by Gasteiger charge is 2.22. The van der Waals surface area contributed by atoms with Crippen LogP contribution in [0.2, 0.25) is 0 Å². The van der Waals surface area contributed by atoms with E-state index in [1.54, 1.807) is 6.26 Å². The van der Waals surface area contributed by atoms with Gasteiger partial charge in [0.1, 0.15) is 6.26 Å². The van der Waals surface area contributed by atoms with E-state index in [1.807, 2.05) is 11.8 Å². The second-order valence-corrected chi connectivity index (χ2v) is 4.62. The summed E-state index contributed by atoms with van der Waals surface area (Å²) in [6.07, 6.45) is 5.38. The highest BCUT2D eigenvalue weighted by molar-refractivity contribution is 7.99. The van der Waals surface area contributed by atoms with E-state index < -0.39 is 0 Å². The maximum absolute atomic E-state index is 6.02. The fourth-order valence-electron chi connectivity index (χ4n) is 1.66. The summed E-state index contributed by atoms with van der Waals surface area (Å²) < 4.78 is 4.93. The average molecular weight is 198 g/mol. The molecule has 0 radical (unpaired) electrons. The topological polar surface area (TPSA) is 52.0 Å². The molecule has 1 saturated heterocycles. The molecule has 0 amide bonds. The Morgan fingerprint density at radius 2 is 2.62 bits per heavy atom. The molecule has 72 valence electrons. The van der Waals surface area contributed by atoms with E-state index in [-0.39, 0.29) is 0 Å². The first kappa shape index (κ1) is 9.09. The summed E-state index contributed by atoms with van der Waals surface area (Å²) in [4.78, 5) is 4.12. The van der Waals surface area contributed by atoms with Crippen molar-refractivity contribution in [3.63, 3.8) is 0 Å². The molecule has 2 heterocycles. The van der Waals surface area contributed by atoms with Crippen LogP contribution in [-0.4, -0.2) is 22.5 Å². The summed E-state index contributed by atoms with van der Waals surface area (Å²) in [6.45, 7) is 0. The first-order valence-corrected chi connectivity index (χ1v) is 5.72. The third kappa shape index (κ3) is 2.25. The number of thioether (sulfide) groups is 1. The Labute approximate surface area is 82.1 Å². The monoisotopic (exact) mass is 198 g/mol. The quantitative estimate of drug-likeness (QED) is 0.778. The Morgan fingerprint density at radius 1 is 1.69 bits per heavy atom. The number of hydrogen-bond acceptors (Lipinski definition) is 4. The molecule has 2 rings (SSSR count). The Morgan fingerprint density at radius 3 is 3.31 bits per heavy atom. The Balaban J connectivity index is 1.93. The zero-order valence-electron chi connectivity index (χ0n) is 7.48. The molecule has 3 nitrogen and oxygen atoms in total. The van der Waals surface area contributed by atoms with Gasteiger partial charge in [0.25, 0.3) is 0 Å². The largest absolute Gasteiger partial charge is 0.451 e. The van der Waals surface area contributed by atoms with Crippen molar-refractivity contribution < 1.29 is 4.42 Å². The van der Waals surface area contributed by atoms with Gasteiger partial charge in [0.2, 0.25) is 0 Å². The number of oxazole rings is 1. The van der Waals surface area contributed by atoms with Crippen molar-refractivity contribution in [2.24, 2.45) is 11.7 Å². The number of nitrogens with zero attached hydrogens (tertiary/aromatic N) is 1. The maximum atomic E-state index is 6.02. The van der Waals surface area contributed by atoms with E-state index in [0.717, 1.165) is 17.9 Å². The molecule has 13 heavy (non-hydrogen) atoms. The number of rotatable bonds is 2. The molecule has 0 saturated carbocycles. The molecule has 1 fully saturated rings. The predicted molar refractivity (Wildman–Crippen MR) is 53.6 cm³/mol. The fraction of sp³-hybridized carbons (Fsp3) is 0.667. The van der Waals surface area contributed by atoms with Crippen LogP contribution < -0.4 is 5.73 Å². The van der Waals surface area contributed by atoms with E-state index in [0.29, 0.717) is 12.0 Å². The Kier molecular flexibility index (Phi) is 2.90. The maximum Gasteiger partial charge on any atom is 0.180 e. The van der Waals surface area contributed by atoms with Gasteiger partial charge in [-0.2, -0.15) is 11.8 Å². The summed E-state index contributed by atoms with van der Waals surface area (Å²) in [5, 5.41) is 0. The summed E-state index contributed by atoms with van der Waals surface area (Å²) in [5.74, 6) is 2.91. The summed E-state index contributed by atoms with van der Waals surface area (Å²) in [7, 11) is 0. The second-order valence-electron chi connectivity index (χ2n) is 3.47. The summed E-state index contributed by atoms with van der Waals surface area (Å²) in [6, 6.07) is 0.329. The molecule has 4 heteroatoms. The van der Waals surface area contributed by atoms with Gasteiger partial charge in [0, 0.05) is 11.8 Å². The van der Waals surface area contributed by atoms with Crippen molar-refractivity contribution in [2.45, 2.75) is 18.9 Å². The van der Waals surface area contributed by atoms with Crippen LogP contribution in [0.5, 0.6) is 0 Å². The van der Waals surface area contributed by atoms with E-state index in [4.69, 9.17) is 10.2 Å². The third-order valence-corrected chi connectivity index (χ3v) is 3.65. The van der Waals surface area contributed by atoms with Crippen LogP contribution in [0.1, 0.15) is 12.1 Å². The Hall–Kier alpha value is -0.480. The van der Waals surface area contributed by atoms with E-state index in [9.17, 15) is 0 Å². The van der Waals surface area contributed by atoms with E-state index in [1.165, 1.54) is 18.6 Å². The predicted octanol–water partition coefficient (Wildman–Crippen LogP) is 1.30. The summed E-state index contributed by atoms with van der Waals surface area (Å²) in [5.41, 5.74) is 7.05. The third-order valence-electron chi connectivity index (χ3n) is 2.50. The summed E-state index contributed by atoms with van der Waals surface area (Å²) >= 11 is 1.95. The molecular weight excluding hydrogens is 184 g/mol. The van der Waals surface area contributed by atoms with Crippen LogP contribution >= 0.6 is 11.8 Å². The van der Waals surface area contributed by atoms with Gasteiger partial charge >= 0.3 is 0 Å². The molecule has 0 bridgehead atoms. The highest BCUT2D eigenvalue weighted by atomic mass is 32.2. The molecular formula is C9H14N2OS. The lowest BCUT2D eigenvalue weighted by Gasteiger charge is -2.27. The second kappa shape index (κ2) is 4.15. The normalized spacial score (nSPS) is 29.0. The van der Waals surface area contributed by atoms with Crippen LogP contribution in [0.4, 0.5) is 0 Å². The van der Waals surface area contributed by atoms with Gasteiger partial charge in [0.05, 0.1) is 5.69 Å². The van der Waals surface area contributed by atoms with Crippen LogP contribution in [-0.2, 0) is 6.42 Å². The van der Waals surface area contributed by atoms with Gasteiger partial charge in [-0.25, -0.2) is 4.98 Å². The molecule has 0 spiro atoms. The van der Waals surface area contributed by atoms with Crippen LogP contribution in [0, 0.1) is 5.92 Å². The zero-order chi connectivity index (χ0) is 9.10. The van der Waals surface area contributed by atoms with Gasteiger partial charge in [-0.3, -0.25) is 0 Å². The number of aromatic nitrogens is 1. The van der Waals surface area contributed by atoms with Gasteiger partial charge in [-0.15, -0.1) is 0 Å². The average Bonchev–Trinajstić information content (AvgIpc) is 2.61. The van der Waals surface area contributed by atoms with Crippen LogP contribution in [0.15, 0.2) is 17.1 Å². The van der Waals surface area contributed by atoms with Crippen LogP contribution in [0.3, 0.4) is 0 Å². The van der Waals surface area contributed by atoms with Gasteiger partial charge in [0.15, 0.2) is 6.39 Å². The minimum Gasteiger partial charge on any atom is -0.451 e. The van der Waals surface area contributed by atoms with Gasteiger partial charge in [-0.05, 0) is 24.5 Å². The smallest absolute Gasteiger partial charge is 0.180 e. The lowest BCUT2D eigenvalue weighted by atomic mass is 9.93. The number of nitrogens with two attached hydrogens (primary N) is 1. The van der Waals surface area contributed by atoms with Gasteiger partial charge < -0.3 is 10.2 Å². The van der Waals surface area contributed by atoms with Crippen molar-refractivity contribution in [3.8, 4) is 0 Å². The van der Waals surface area contributed by atoms with Crippen molar-refractivity contribution in [1.82, 2.24) is 4.98 Å². The van der Waals surface area contributed by atoms with Crippen molar-refractivity contribution in [3.05, 3.63) is 18.4 Å². The fourth-order valence-corrected chi connectivity index (χ4v) is 2.85. The molecule has 1 aliphatic heterocycles. The molecule has 1 aromatic heterocycles. The SMILES string of the molecule is NC1CSCCC1Cc1cocn1. The van der Waals surface area contributed by atoms with Crippen LogP contribution in [0.25, 0.3) is 0 Å². The lowest BCUT2D eigenvalue weighted by molar-refractivity contribution is 0.421. The molecule has 0 aromatic carbocycles. The highest BCUT2D eigenvalue weighted by Crippen LogP contribution is 2.24. The molecule has 2 atom stereocenters. The zero-order valence-corrected chi connectivity index (χ0v) is 8.30. The minimum absolute atomic E-state index is 0.329. The molecule has 2 unspecified atom stereocenters. The molecule has 1 aromatic rings. The molecule has 0 aliphatic carbocycles. The first-order valence-electron chi connectivity index (χ1n) is 4.56.